The molecule has 6 nitrogen and oxygen atoms in total. The zero-order valence-electron chi connectivity index (χ0n) is 12.3. The topological polar surface area (TPSA) is 69.3 Å². The summed E-state index contributed by atoms with van der Waals surface area (Å²) in [6.45, 7) is 6.27. The standard InChI is InChI=1S/C13H17BrN4O2S2/c1-9-13(10(2)16-15-9)17-5-7-18(8-6-17)22(19,20)12-4-3-11(14)21-12/h3-4H,5-8H2,1-2H3,(H,15,16). The monoisotopic (exact) mass is 404 g/mol. The number of piperazine rings is 1. The molecule has 0 saturated carbocycles. The average molecular weight is 405 g/mol. The third-order valence-corrected chi connectivity index (χ3v) is 7.78. The van der Waals surface area contributed by atoms with Crippen LogP contribution in [0, 0.1) is 13.8 Å². The van der Waals surface area contributed by atoms with Crippen LogP contribution in [0.15, 0.2) is 20.1 Å². The fourth-order valence-corrected chi connectivity index (χ4v) is 6.31. The Bertz CT molecular complexity index is 756. The van der Waals surface area contributed by atoms with Gasteiger partial charge in [0, 0.05) is 26.2 Å². The minimum Gasteiger partial charge on any atom is -0.366 e. The Labute approximate surface area is 142 Å². The van der Waals surface area contributed by atoms with Crippen LogP contribution in [0.5, 0.6) is 0 Å². The number of anilines is 1. The number of rotatable bonds is 3. The van der Waals surface area contributed by atoms with Crippen molar-refractivity contribution in [2.75, 3.05) is 31.1 Å². The Kier molecular flexibility index (Phi) is 4.32. The molecule has 0 unspecified atom stereocenters. The first-order chi connectivity index (χ1) is 10.4. The molecule has 0 aliphatic carbocycles. The van der Waals surface area contributed by atoms with Gasteiger partial charge in [-0.3, -0.25) is 5.10 Å². The molecule has 1 aliphatic heterocycles. The lowest BCUT2D eigenvalue weighted by molar-refractivity contribution is 0.385. The first-order valence-electron chi connectivity index (χ1n) is 6.91. The van der Waals surface area contributed by atoms with Crippen LogP contribution in [0.2, 0.25) is 0 Å². The summed E-state index contributed by atoms with van der Waals surface area (Å²) >= 11 is 4.57. The van der Waals surface area contributed by atoms with Gasteiger partial charge in [-0.25, -0.2) is 8.42 Å². The van der Waals surface area contributed by atoms with Gasteiger partial charge in [0.15, 0.2) is 0 Å². The molecule has 2 aromatic heterocycles. The van der Waals surface area contributed by atoms with Gasteiger partial charge in [-0.2, -0.15) is 9.40 Å². The number of aromatic nitrogens is 2. The van der Waals surface area contributed by atoms with Crippen molar-refractivity contribution in [3.63, 3.8) is 0 Å². The van der Waals surface area contributed by atoms with Crippen molar-refractivity contribution in [3.05, 3.63) is 27.3 Å². The van der Waals surface area contributed by atoms with E-state index in [0.717, 1.165) is 20.9 Å². The van der Waals surface area contributed by atoms with Crippen molar-refractivity contribution >= 4 is 43.0 Å². The van der Waals surface area contributed by atoms with Crippen LogP contribution in [-0.4, -0.2) is 49.1 Å². The number of sulfonamides is 1. The van der Waals surface area contributed by atoms with E-state index in [1.807, 2.05) is 13.8 Å². The number of halogens is 1. The second-order valence-electron chi connectivity index (χ2n) is 5.23. The van der Waals surface area contributed by atoms with E-state index in [4.69, 9.17) is 0 Å². The molecule has 0 spiro atoms. The molecular weight excluding hydrogens is 388 g/mol. The number of aryl methyl sites for hydroxylation is 2. The molecule has 120 valence electrons. The molecule has 0 aromatic carbocycles. The summed E-state index contributed by atoms with van der Waals surface area (Å²) in [6, 6.07) is 3.42. The van der Waals surface area contributed by atoms with Gasteiger partial charge in [-0.15, -0.1) is 11.3 Å². The minimum atomic E-state index is -3.38. The maximum absolute atomic E-state index is 12.6. The molecule has 9 heteroatoms. The molecule has 0 radical (unpaired) electrons. The Hall–Kier alpha value is -0.900. The van der Waals surface area contributed by atoms with Gasteiger partial charge in [0.2, 0.25) is 0 Å². The van der Waals surface area contributed by atoms with E-state index < -0.39 is 10.0 Å². The van der Waals surface area contributed by atoms with Crippen LogP contribution in [0.3, 0.4) is 0 Å². The highest BCUT2D eigenvalue weighted by atomic mass is 79.9. The Morgan fingerprint density at radius 3 is 2.41 bits per heavy atom. The molecular formula is C13H17BrN4O2S2. The second-order valence-corrected chi connectivity index (χ2v) is 9.86. The Balaban J connectivity index is 1.74. The van der Waals surface area contributed by atoms with Crippen LogP contribution in [0.25, 0.3) is 0 Å². The first-order valence-corrected chi connectivity index (χ1v) is 9.96. The lowest BCUT2D eigenvalue weighted by Gasteiger charge is -2.35. The molecule has 1 aliphatic rings. The van der Waals surface area contributed by atoms with Crippen LogP contribution < -0.4 is 4.90 Å². The summed E-state index contributed by atoms with van der Waals surface area (Å²) in [7, 11) is -3.38. The molecule has 22 heavy (non-hydrogen) atoms. The molecule has 1 N–H and O–H groups in total. The lowest BCUT2D eigenvalue weighted by Crippen LogP contribution is -2.48. The third kappa shape index (κ3) is 2.82. The van der Waals surface area contributed by atoms with E-state index in [9.17, 15) is 8.42 Å². The highest BCUT2D eigenvalue weighted by Gasteiger charge is 2.30. The van der Waals surface area contributed by atoms with Crippen molar-refractivity contribution in [2.24, 2.45) is 0 Å². The molecule has 0 bridgehead atoms. The van der Waals surface area contributed by atoms with Crippen molar-refractivity contribution in [1.29, 1.82) is 0 Å². The fraction of sp³-hybridized carbons (Fsp3) is 0.462. The summed E-state index contributed by atoms with van der Waals surface area (Å²) in [5.41, 5.74) is 3.07. The van der Waals surface area contributed by atoms with Crippen LogP contribution >= 0.6 is 27.3 Å². The normalized spacial score (nSPS) is 17.1. The van der Waals surface area contributed by atoms with Gasteiger partial charge in [-0.1, -0.05) is 0 Å². The molecule has 0 amide bonds. The summed E-state index contributed by atoms with van der Waals surface area (Å²) in [5, 5.41) is 7.18. The molecule has 0 atom stereocenters. The maximum atomic E-state index is 12.6. The molecule has 1 saturated heterocycles. The van der Waals surface area contributed by atoms with Gasteiger partial charge in [-0.05, 0) is 41.9 Å². The van der Waals surface area contributed by atoms with Crippen LogP contribution in [0.1, 0.15) is 11.4 Å². The van der Waals surface area contributed by atoms with Gasteiger partial charge in [0.1, 0.15) is 4.21 Å². The van der Waals surface area contributed by atoms with Gasteiger partial charge < -0.3 is 4.90 Å². The molecule has 2 aromatic rings. The summed E-state index contributed by atoms with van der Waals surface area (Å²) in [4.78, 5) is 2.20. The highest BCUT2D eigenvalue weighted by molar-refractivity contribution is 9.11. The quantitative estimate of drug-likeness (QED) is 0.852. The van der Waals surface area contributed by atoms with Crippen LogP contribution in [0.4, 0.5) is 5.69 Å². The average Bonchev–Trinajstić information content (AvgIpc) is 3.06. The van der Waals surface area contributed by atoms with Crippen molar-refractivity contribution in [3.8, 4) is 0 Å². The fourth-order valence-electron chi connectivity index (χ4n) is 2.73. The van der Waals surface area contributed by atoms with Crippen LogP contribution in [-0.2, 0) is 10.0 Å². The van der Waals surface area contributed by atoms with E-state index >= 15 is 0 Å². The van der Waals surface area contributed by atoms with Crippen molar-refractivity contribution < 1.29 is 8.42 Å². The van der Waals surface area contributed by atoms with E-state index in [1.54, 1.807) is 16.4 Å². The summed E-state index contributed by atoms with van der Waals surface area (Å²) in [5.74, 6) is 0. The highest BCUT2D eigenvalue weighted by Crippen LogP contribution is 2.30. The number of thiophene rings is 1. The second kappa shape index (κ2) is 5.95. The number of aromatic amines is 1. The predicted molar refractivity (Wildman–Crippen MR) is 91.1 cm³/mol. The maximum Gasteiger partial charge on any atom is 0.252 e. The summed E-state index contributed by atoms with van der Waals surface area (Å²) < 4.78 is 28.0. The number of H-pyrrole nitrogens is 1. The van der Waals surface area contributed by atoms with Crippen molar-refractivity contribution in [1.82, 2.24) is 14.5 Å². The largest absolute Gasteiger partial charge is 0.366 e. The number of hydrogen-bond acceptors (Lipinski definition) is 5. The molecule has 1 fully saturated rings. The van der Waals surface area contributed by atoms with Crippen molar-refractivity contribution in [2.45, 2.75) is 18.1 Å². The lowest BCUT2D eigenvalue weighted by atomic mass is 10.2. The molecule has 3 heterocycles. The van der Waals surface area contributed by atoms with Gasteiger partial charge >= 0.3 is 0 Å². The number of nitrogens with zero attached hydrogens (tertiary/aromatic N) is 3. The predicted octanol–water partition coefficient (Wildman–Crippen LogP) is 2.36. The van der Waals surface area contributed by atoms with E-state index in [1.165, 1.54) is 11.3 Å². The van der Waals surface area contributed by atoms with E-state index in [-0.39, 0.29) is 0 Å². The minimum absolute atomic E-state index is 0.392. The third-order valence-electron chi connectivity index (χ3n) is 3.79. The zero-order chi connectivity index (χ0) is 15.9. The Morgan fingerprint density at radius 1 is 1.23 bits per heavy atom. The Morgan fingerprint density at radius 2 is 1.91 bits per heavy atom. The smallest absolute Gasteiger partial charge is 0.252 e. The number of nitrogens with one attached hydrogen (secondary N) is 1. The van der Waals surface area contributed by atoms with Gasteiger partial charge in [0.25, 0.3) is 10.0 Å². The van der Waals surface area contributed by atoms with E-state index in [0.29, 0.717) is 30.4 Å². The SMILES string of the molecule is Cc1n[nH]c(C)c1N1CCN(S(=O)(=O)c2ccc(Br)s2)CC1. The van der Waals surface area contributed by atoms with Gasteiger partial charge in [0.05, 0.1) is 20.9 Å². The number of hydrogen-bond donors (Lipinski definition) is 1. The zero-order valence-corrected chi connectivity index (χ0v) is 15.6. The first kappa shape index (κ1) is 16.0. The van der Waals surface area contributed by atoms with E-state index in [2.05, 4.69) is 31.0 Å². The molecule has 3 rings (SSSR count). The summed E-state index contributed by atoms with van der Waals surface area (Å²) in [6.07, 6.45) is 0.